The highest BCUT2D eigenvalue weighted by molar-refractivity contribution is 8.25. The van der Waals surface area contributed by atoms with Gasteiger partial charge in [0.2, 0.25) is 0 Å². The van der Waals surface area contributed by atoms with Gasteiger partial charge in [-0.2, -0.15) is 10.6 Å². The number of ether oxygens (including phenoxy) is 2. The Balaban J connectivity index is 1.68. The number of amides is 1. The summed E-state index contributed by atoms with van der Waals surface area (Å²) in [5.41, 5.74) is 1.92. The van der Waals surface area contributed by atoms with E-state index in [9.17, 15) is 13.9 Å². The molecule has 0 bridgehead atoms. The molecule has 1 heterocycles. The van der Waals surface area contributed by atoms with E-state index in [-0.39, 0.29) is 17.5 Å². The van der Waals surface area contributed by atoms with E-state index in [0.717, 1.165) is 21.6 Å². The van der Waals surface area contributed by atoms with Crippen LogP contribution in [0.3, 0.4) is 0 Å². The summed E-state index contributed by atoms with van der Waals surface area (Å²) in [6, 6.07) is 23.2. The molecular weight excluding hydrogens is 482 g/mol. The van der Waals surface area contributed by atoms with Crippen molar-refractivity contribution in [3.63, 3.8) is 0 Å². The second-order valence-corrected chi connectivity index (χ2v) is 12.7. The number of carbonyl (C=O) groups is 1. The summed E-state index contributed by atoms with van der Waals surface area (Å²) in [6.45, 7) is 5.92. The van der Waals surface area contributed by atoms with Gasteiger partial charge in [0.1, 0.15) is 18.0 Å². The molecule has 8 heteroatoms. The summed E-state index contributed by atoms with van der Waals surface area (Å²) in [6.07, 6.45) is -0.541. The van der Waals surface area contributed by atoms with Gasteiger partial charge in [-0.15, -0.1) is 11.8 Å². The van der Waals surface area contributed by atoms with E-state index in [1.807, 2.05) is 81.4 Å². The number of alkyl carbamates (subject to hydrolysis) is 1. The Labute approximate surface area is 212 Å². The molecule has 1 aliphatic heterocycles. The van der Waals surface area contributed by atoms with Gasteiger partial charge < -0.3 is 14.8 Å². The van der Waals surface area contributed by atoms with Gasteiger partial charge in [0, 0.05) is 10.5 Å². The van der Waals surface area contributed by atoms with Crippen molar-refractivity contribution in [3.05, 3.63) is 89.5 Å². The molecule has 0 radical (unpaired) electrons. The first-order valence-corrected chi connectivity index (χ1v) is 14.0. The maximum absolute atomic E-state index is 12.4. The molecule has 186 valence electrons. The molecule has 0 spiro atoms. The number of hydrogen-bond donors (Lipinski definition) is 3. The van der Waals surface area contributed by atoms with Crippen LogP contribution in [0.25, 0.3) is 0 Å². The third-order valence-corrected chi connectivity index (χ3v) is 8.70. The van der Waals surface area contributed by atoms with Crippen LogP contribution in [0.2, 0.25) is 0 Å². The van der Waals surface area contributed by atoms with Crippen LogP contribution in [0.5, 0.6) is 5.75 Å². The van der Waals surface area contributed by atoms with Gasteiger partial charge in [0.25, 0.3) is 0 Å². The number of thioether (sulfide) groups is 1. The van der Waals surface area contributed by atoms with Crippen LogP contribution in [-0.4, -0.2) is 26.6 Å². The molecule has 3 aromatic rings. The molecule has 1 amide bonds. The number of fused-ring (bicyclic) bond motifs is 1. The third-order valence-electron chi connectivity index (χ3n) is 5.40. The molecule has 0 aromatic heterocycles. The zero-order valence-corrected chi connectivity index (χ0v) is 21.7. The molecule has 1 unspecified atom stereocenters. The van der Waals surface area contributed by atoms with Gasteiger partial charge in [-0.1, -0.05) is 48.5 Å². The zero-order valence-electron chi connectivity index (χ0n) is 20.1. The SMILES string of the molecule is CC(C)(C)OC(=O)NCc1c(OCc2ccccc2)ccc2c1C(Sc1ccccc1)CS2(O)O. The second-order valence-electron chi connectivity index (χ2n) is 9.34. The summed E-state index contributed by atoms with van der Waals surface area (Å²) in [5.74, 6) is 0.808. The number of benzene rings is 3. The standard InChI is InChI=1S/C27H31NO5S2/c1-27(2,3)33-26(29)28-16-21-22(32-17-19-10-6-4-7-11-19)14-15-24-25(21)23(18-35(24,30)31)34-20-12-8-5-9-13-20/h4-15,23,30-31H,16-18H2,1-3H3,(H,28,29). The molecule has 3 N–H and O–H groups in total. The van der Waals surface area contributed by atoms with Gasteiger partial charge in [0.15, 0.2) is 0 Å². The average Bonchev–Trinajstić information content (AvgIpc) is 3.06. The Morgan fingerprint density at radius 1 is 1.03 bits per heavy atom. The molecule has 0 fully saturated rings. The van der Waals surface area contributed by atoms with Gasteiger partial charge in [-0.05, 0) is 56.2 Å². The summed E-state index contributed by atoms with van der Waals surface area (Å²) >= 11 is 1.58. The molecule has 0 saturated heterocycles. The topological polar surface area (TPSA) is 88.0 Å². The Kier molecular flexibility index (Phi) is 7.66. The van der Waals surface area contributed by atoms with Crippen LogP contribution in [0.4, 0.5) is 4.79 Å². The summed E-state index contributed by atoms with van der Waals surface area (Å²) in [7, 11) is -2.97. The number of nitrogens with one attached hydrogen (secondary N) is 1. The van der Waals surface area contributed by atoms with Crippen molar-refractivity contribution in [3.8, 4) is 5.75 Å². The van der Waals surface area contributed by atoms with E-state index >= 15 is 0 Å². The average molecular weight is 514 g/mol. The van der Waals surface area contributed by atoms with Crippen LogP contribution < -0.4 is 10.1 Å². The lowest BCUT2D eigenvalue weighted by atomic mass is 10.0. The molecule has 4 rings (SSSR count). The van der Waals surface area contributed by atoms with Gasteiger partial charge in [-0.3, -0.25) is 9.11 Å². The summed E-state index contributed by atoms with van der Waals surface area (Å²) < 4.78 is 33.5. The van der Waals surface area contributed by atoms with E-state index in [4.69, 9.17) is 9.47 Å². The highest BCUT2D eigenvalue weighted by atomic mass is 32.3. The van der Waals surface area contributed by atoms with Crippen molar-refractivity contribution in [1.82, 2.24) is 5.32 Å². The van der Waals surface area contributed by atoms with Gasteiger partial charge >= 0.3 is 6.09 Å². The quantitative estimate of drug-likeness (QED) is 0.308. The first kappa shape index (κ1) is 25.4. The van der Waals surface area contributed by atoms with Crippen molar-refractivity contribution in [2.75, 3.05) is 5.75 Å². The largest absolute Gasteiger partial charge is 0.489 e. The van der Waals surface area contributed by atoms with Crippen molar-refractivity contribution >= 4 is 28.4 Å². The molecule has 0 saturated carbocycles. The minimum Gasteiger partial charge on any atom is -0.489 e. The molecule has 0 aliphatic carbocycles. The summed E-state index contributed by atoms with van der Waals surface area (Å²) in [4.78, 5) is 14.0. The van der Waals surface area contributed by atoms with E-state index in [2.05, 4.69) is 5.32 Å². The van der Waals surface area contributed by atoms with Crippen molar-refractivity contribution in [2.24, 2.45) is 0 Å². The highest BCUT2D eigenvalue weighted by Gasteiger charge is 2.38. The summed E-state index contributed by atoms with van der Waals surface area (Å²) in [5, 5.41) is 2.63. The lowest BCUT2D eigenvalue weighted by Gasteiger charge is -2.28. The van der Waals surface area contributed by atoms with E-state index in [1.165, 1.54) is 0 Å². The van der Waals surface area contributed by atoms with Crippen LogP contribution >= 0.6 is 22.4 Å². The van der Waals surface area contributed by atoms with Crippen LogP contribution in [0.1, 0.15) is 42.7 Å². The first-order chi connectivity index (χ1) is 16.6. The number of rotatable bonds is 7. The molecule has 1 aliphatic rings. The van der Waals surface area contributed by atoms with E-state index < -0.39 is 22.3 Å². The van der Waals surface area contributed by atoms with E-state index in [0.29, 0.717) is 17.3 Å². The Morgan fingerprint density at radius 3 is 2.34 bits per heavy atom. The predicted octanol–water partition coefficient (Wildman–Crippen LogP) is 7.25. The minimum atomic E-state index is -2.97. The fourth-order valence-corrected chi connectivity index (χ4v) is 7.55. The fraction of sp³-hybridized carbons (Fsp3) is 0.296. The lowest BCUT2D eigenvalue weighted by molar-refractivity contribution is 0.0523. The maximum atomic E-state index is 12.4. The molecular formula is C27H31NO5S2. The number of hydrogen-bond acceptors (Lipinski definition) is 6. The smallest absolute Gasteiger partial charge is 0.407 e. The van der Waals surface area contributed by atoms with Crippen molar-refractivity contribution < 1.29 is 23.4 Å². The van der Waals surface area contributed by atoms with Gasteiger partial charge in [-0.25, -0.2) is 4.79 Å². The Morgan fingerprint density at radius 2 is 1.69 bits per heavy atom. The Bertz CT molecular complexity index is 1160. The first-order valence-electron chi connectivity index (χ1n) is 11.4. The van der Waals surface area contributed by atoms with E-state index in [1.54, 1.807) is 23.9 Å². The molecule has 6 nitrogen and oxygen atoms in total. The number of carbonyl (C=O) groups excluding carboxylic acids is 1. The second kappa shape index (κ2) is 10.5. The minimum absolute atomic E-state index is 0.142. The molecule has 35 heavy (non-hydrogen) atoms. The monoisotopic (exact) mass is 513 g/mol. The molecule has 3 aromatic carbocycles. The van der Waals surface area contributed by atoms with Crippen LogP contribution in [0.15, 0.2) is 82.6 Å². The van der Waals surface area contributed by atoms with Gasteiger partial charge in [0.05, 0.1) is 22.4 Å². The Hall–Kier alpha value is -2.65. The predicted molar refractivity (Wildman–Crippen MR) is 141 cm³/mol. The van der Waals surface area contributed by atoms with Crippen molar-refractivity contribution in [2.45, 2.75) is 54.6 Å². The third kappa shape index (κ3) is 6.52. The van der Waals surface area contributed by atoms with Crippen molar-refractivity contribution in [1.29, 1.82) is 0 Å². The lowest BCUT2D eigenvalue weighted by Crippen LogP contribution is -2.32. The highest BCUT2D eigenvalue weighted by Crippen LogP contribution is 2.64. The normalized spacial score (nSPS) is 17.3. The van der Waals surface area contributed by atoms with Crippen LogP contribution in [0, 0.1) is 0 Å². The zero-order chi connectivity index (χ0) is 25.1. The molecule has 1 atom stereocenters. The van der Waals surface area contributed by atoms with Crippen LogP contribution in [-0.2, 0) is 17.9 Å². The maximum Gasteiger partial charge on any atom is 0.407 e. The fourth-order valence-electron chi connectivity index (χ4n) is 3.93.